The van der Waals surface area contributed by atoms with Gasteiger partial charge in [0.2, 0.25) is 0 Å². The lowest BCUT2D eigenvalue weighted by Gasteiger charge is -2.26. The van der Waals surface area contributed by atoms with E-state index in [0.29, 0.717) is 22.9 Å². The van der Waals surface area contributed by atoms with Crippen molar-refractivity contribution in [2.24, 2.45) is 0 Å². The Kier molecular flexibility index (Phi) is 8.45. The van der Waals surface area contributed by atoms with Crippen molar-refractivity contribution in [1.82, 2.24) is 5.32 Å². The van der Waals surface area contributed by atoms with Crippen LogP contribution in [0.2, 0.25) is 5.02 Å². The van der Waals surface area contributed by atoms with Crippen molar-refractivity contribution in [3.05, 3.63) is 64.7 Å². The first-order valence-electron chi connectivity index (χ1n) is 10.9. The Bertz CT molecular complexity index is 984. The molecular formula is C25H27ClN2O4. The van der Waals surface area contributed by atoms with Gasteiger partial charge in [-0.25, -0.2) is 9.69 Å². The van der Waals surface area contributed by atoms with Crippen LogP contribution in [0.4, 0.5) is 10.5 Å². The molecule has 0 spiro atoms. The number of hydrogen-bond donors (Lipinski definition) is 1. The number of amides is 4. The molecule has 2 aromatic rings. The number of benzene rings is 2. The second-order valence-corrected chi connectivity index (χ2v) is 8.06. The van der Waals surface area contributed by atoms with E-state index in [4.69, 9.17) is 16.3 Å². The molecule has 0 radical (unpaired) electrons. The average Bonchev–Trinajstić information content (AvgIpc) is 2.78. The monoisotopic (exact) mass is 454 g/mol. The number of hydrogen-bond acceptors (Lipinski definition) is 4. The second kappa shape index (κ2) is 11.5. The fourth-order valence-electron chi connectivity index (χ4n) is 3.38. The van der Waals surface area contributed by atoms with Gasteiger partial charge >= 0.3 is 6.03 Å². The molecule has 0 bridgehead atoms. The van der Waals surface area contributed by atoms with Crippen molar-refractivity contribution in [3.8, 4) is 5.75 Å². The van der Waals surface area contributed by atoms with E-state index in [9.17, 15) is 14.4 Å². The van der Waals surface area contributed by atoms with Gasteiger partial charge in [-0.15, -0.1) is 0 Å². The second-order valence-electron chi connectivity index (χ2n) is 7.62. The normalized spacial score (nSPS) is 15.2. The van der Waals surface area contributed by atoms with Crippen LogP contribution >= 0.6 is 11.6 Å². The van der Waals surface area contributed by atoms with Gasteiger partial charge in [-0.1, -0.05) is 62.8 Å². The maximum absolute atomic E-state index is 12.9. The molecule has 1 N–H and O–H groups in total. The first-order valence-corrected chi connectivity index (χ1v) is 11.3. The van der Waals surface area contributed by atoms with Gasteiger partial charge in [0.1, 0.15) is 11.3 Å². The average molecular weight is 455 g/mol. The summed E-state index contributed by atoms with van der Waals surface area (Å²) in [5.41, 5.74) is 0.856. The summed E-state index contributed by atoms with van der Waals surface area (Å²) in [4.78, 5) is 38.3. The summed E-state index contributed by atoms with van der Waals surface area (Å²) in [6.07, 6.45) is 8.65. The quantitative estimate of drug-likeness (QED) is 0.282. The molecule has 2 aromatic carbocycles. The molecular weight excluding hydrogens is 428 g/mol. The first kappa shape index (κ1) is 23.5. The molecule has 1 fully saturated rings. The van der Waals surface area contributed by atoms with Gasteiger partial charge < -0.3 is 4.74 Å². The Morgan fingerprint density at radius 2 is 1.56 bits per heavy atom. The van der Waals surface area contributed by atoms with Gasteiger partial charge in [-0.05, 0) is 54.5 Å². The largest absolute Gasteiger partial charge is 0.494 e. The number of carbonyl (C=O) groups excluding carboxylic acids is 3. The molecule has 1 aliphatic heterocycles. The van der Waals surface area contributed by atoms with Crippen molar-refractivity contribution >= 4 is 41.2 Å². The third-order valence-corrected chi connectivity index (χ3v) is 5.40. The number of carbonyl (C=O) groups is 3. The maximum Gasteiger partial charge on any atom is 0.335 e. The summed E-state index contributed by atoms with van der Waals surface area (Å²) in [6.45, 7) is 2.86. The van der Waals surface area contributed by atoms with Crippen molar-refractivity contribution < 1.29 is 19.1 Å². The lowest BCUT2D eigenvalue weighted by molar-refractivity contribution is -0.122. The third kappa shape index (κ3) is 6.20. The van der Waals surface area contributed by atoms with E-state index in [1.165, 1.54) is 31.8 Å². The highest BCUT2D eigenvalue weighted by Gasteiger charge is 2.36. The molecule has 6 nitrogen and oxygen atoms in total. The van der Waals surface area contributed by atoms with Gasteiger partial charge in [-0.3, -0.25) is 14.9 Å². The minimum Gasteiger partial charge on any atom is -0.494 e. The Morgan fingerprint density at radius 3 is 2.25 bits per heavy atom. The molecule has 168 valence electrons. The molecule has 1 saturated heterocycles. The van der Waals surface area contributed by atoms with Crippen LogP contribution in [0.15, 0.2) is 54.1 Å². The van der Waals surface area contributed by atoms with Crippen LogP contribution < -0.4 is 15.0 Å². The topological polar surface area (TPSA) is 75.7 Å². The minimum atomic E-state index is -0.794. The van der Waals surface area contributed by atoms with Gasteiger partial charge in [0, 0.05) is 5.02 Å². The van der Waals surface area contributed by atoms with Crippen molar-refractivity contribution in [1.29, 1.82) is 0 Å². The molecule has 1 aliphatic rings. The summed E-state index contributed by atoms with van der Waals surface area (Å²) in [7, 11) is 0. The van der Waals surface area contributed by atoms with E-state index in [1.54, 1.807) is 48.5 Å². The highest BCUT2D eigenvalue weighted by atomic mass is 35.5. The van der Waals surface area contributed by atoms with Crippen LogP contribution in [0.3, 0.4) is 0 Å². The first-order chi connectivity index (χ1) is 15.5. The molecule has 7 heteroatoms. The lowest BCUT2D eigenvalue weighted by atomic mass is 10.1. The standard InChI is InChI=1S/C25H27ClN2O4/c1-2-3-4-5-6-7-16-32-21-14-8-18(9-15-21)17-22-23(29)27-25(31)28(24(22)30)20-12-10-19(26)11-13-20/h8-15,17H,2-7,16H2,1H3,(H,27,29,31)/b22-17-. The fraction of sp³-hybridized carbons (Fsp3) is 0.320. The minimum absolute atomic E-state index is 0.125. The highest BCUT2D eigenvalue weighted by molar-refractivity contribution is 6.39. The number of nitrogens with one attached hydrogen (secondary N) is 1. The van der Waals surface area contributed by atoms with E-state index in [2.05, 4.69) is 12.2 Å². The molecule has 0 aromatic heterocycles. The van der Waals surface area contributed by atoms with Crippen LogP contribution in [0.5, 0.6) is 5.75 Å². The number of ether oxygens (including phenoxy) is 1. The van der Waals surface area contributed by atoms with Crippen molar-refractivity contribution in [3.63, 3.8) is 0 Å². The molecule has 0 saturated carbocycles. The van der Waals surface area contributed by atoms with Gasteiger partial charge in [0.15, 0.2) is 0 Å². The summed E-state index contributed by atoms with van der Waals surface area (Å²) in [5, 5.41) is 2.68. The Balaban J connectivity index is 1.63. The number of rotatable bonds is 10. The zero-order chi connectivity index (χ0) is 22.9. The predicted molar refractivity (Wildman–Crippen MR) is 126 cm³/mol. The summed E-state index contributed by atoms with van der Waals surface area (Å²) >= 11 is 5.88. The summed E-state index contributed by atoms with van der Waals surface area (Å²) in [6, 6.07) is 12.6. The molecule has 1 heterocycles. The van der Waals surface area contributed by atoms with Gasteiger partial charge in [0.25, 0.3) is 11.8 Å². The maximum atomic E-state index is 12.9. The number of urea groups is 1. The van der Waals surface area contributed by atoms with E-state index >= 15 is 0 Å². The number of unbranched alkanes of at least 4 members (excludes halogenated alkanes) is 5. The molecule has 4 amide bonds. The number of barbiturate groups is 1. The summed E-state index contributed by atoms with van der Waals surface area (Å²) < 4.78 is 5.77. The third-order valence-electron chi connectivity index (χ3n) is 5.14. The van der Waals surface area contributed by atoms with Gasteiger partial charge in [0.05, 0.1) is 12.3 Å². The zero-order valence-corrected chi connectivity index (χ0v) is 18.9. The highest BCUT2D eigenvalue weighted by Crippen LogP contribution is 2.24. The van der Waals surface area contributed by atoms with Crippen molar-refractivity contribution in [2.45, 2.75) is 45.4 Å². The van der Waals surface area contributed by atoms with Crippen LogP contribution in [0, 0.1) is 0 Å². The smallest absolute Gasteiger partial charge is 0.335 e. The number of halogens is 1. The van der Waals surface area contributed by atoms with Crippen molar-refractivity contribution in [2.75, 3.05) is 11.5 Å². The Labute approximate surface area is 193 Å². The van der Waals surface area contributed by atoms with E-state index < -0.39 is 17.8 Å². The van der Waals surface area contributed by atoms with E-state index in [1.807, 2.05) is 0 Å². The molecule has 32 heavy (non-hydrogen) atoms. The van der Waals surface area contributed by atoms with Crippen LogP contribution in [-0.2, 0) is 9.59 Å². The van der Waals surface area contributed by atoms with E-state index in [0.717, 1.165) is 23.5 Å². The molecule has 0 atom stereocenters. The van der Waals surface area contributed by atoms with Crippen LogP contribution in [-0.4, -0.2) is 24.5 Å². The number of nitrogens with zero attached hydrogens (tertiary/aromatic N) is 1. The predicted octanol–water partition coefficient (Wildman–Crippen LogP) is 5.75. The molecule has 0 aliphatic carbocycles. The SMILES string of the molecule is CCCCCCCCOc1ccc(/C=C2/C(=O)NC(=O)N(c3ccc(Cl)cc3)C2=O)cc1. The molecule has 3 rings (SSSR count). The zero-order valence-electron chi connectivity index (χ0n) is 18.1. The lowest BCUT2D eigenvalue weighted by Crippen LogP contribution is -2.54. The molecule has 0 unspecified atom stereocenters. The Hall–Kier alpha value is -3.12. The van der Waals surface area contributed by atoms with Crippen LogP contribution in [0.1, 0.15) is 51.0 Å². The number of anilines is 1. The summed E-state index contributed by atoms with van der Waals surface area (Å²) in [5.74, 6) is -0.684. The van der Waals surface area contributed by atoms with E-state index in [-0.39, 0.29) is 5.57 Å². The fourth-order valence-corrected chi connectivity index (χ4v) is 3.51. The Morgan fingerprint density at radius 1 is 0.906 bits per heavy atom. The van der Waals surface area contributed by atoms with Gasteiger partial charge in [-0.2, -0.15) is 0 Å². The number of imide groups is 2. The van der Waals surface area contributed by atoms with Crippen LogP contribution in [0.25, 0.3) is 6.08 Å².